The quantitative estimate of drug-likeness (QED) is 0.875. The molecule has 1 fully saturated rings. The van der Waals surface area contributed by atoms with E-state index in [1.165, 1.54) is 4.88 Å². The van der Waals surface area contributed by atoms with Gasteiger partial charge in [0, 0.05) is 11.4 Å². The van der Waals surface area contributed by atoms with Crippen LogP contribution in [0.2, 0.25) is 0 Å². The lowest BCUT2D eigenvalue weighted by Crippen LogP contribution is -2.38. The second kappa shape index (κ2) is 7.49. The van der Waals surface area contributed by atoms with Gasteiger partial charge in [-0.05, 0) is 29.9 Å². The Kier molecular flexibility index (Phi) is 5.15. The van der Waals surface area contributed by atoms with Crippen LogP contribution in [0.25, 0.3) is 0 Å². The highest BCUT2D eigenvalue weighted by atomic mass is 32.1. The summed E-state index contributed by atoms with van der Waals surface area (Å²) in [6.45, 7) is 0.763. The van der Waals surface area contributed by atoms with Crippen molar-refractivity contribution in [3.63, 3.8) is 0 Å². The van der Waals surface area contributed by atoms with E-state index in [4.69, 9.17) is 5.73 Å². The molecule has 126 valence electrons. The standard InChI is InChI=1S/C18H21N3O2S/c19-18(23)20-14(13-6-2-1-3-7-13)12-17(22)21-10-4-8-15(21)16-9-5-11-24-16/h1-3,5-7,9,11,14-15H,4,8,10,12H2,(H3,19,20,23)/t14-,15+/m1/s1. The van der Waals surface area contributed by atoms with Crippen molar-refractivity contribution in [2.75, 3.05) is 6.54 Å². The van der Waals surface area contributed by atoms with Crippen LogP contribution in [0.15, 0.2) is 47.8 Å². The number of hydrogen-bond acceptors (Lipinski definition) is 3. The maximum Gasteiger partial charge on any atom is 0.312 e. The van der Waals surface area contributed by atoms with Crippen molar-refractivity contribution in [2.45, 2.75) is 31.3 Å². The van der Waals surface area contributed by atoms with Crippen LogP contribution < -0.4 is 11.1 Å². The van der Waals surface area contributed by atoms with Gasteiger partial charge < -0.3 is 16.0 Å². The lowest BCUT2D eigenvalue weighted by molar-refractivity contribution is -0.132. The number of likely N-dealkylation sites (tertiary alicyclic amines) is 1. The molecule has 2 atom stereocenters. The summed E-state index contributed by atoms with van der Waals surface area (Å²) in [5.74, 6) is 0.0495. The normalized spacial score (nSPS) is 18.3. The molecule has 0 bridgehead atoms. The molecule has 0 radical (unpaired) electrons. The molecule has 0 spiro atoms. The summed E-state index contributed by atoms with van der Waals surface area (Å²) < 4.78 is 0. The van der Waals surface area contributed by atoms with E-state index < -0.39 is 12.1 Å². The second-order valence-electron chi connectivity index (χ2n) is 5.94. The van der Waals surface area contributed by atoms with Crippen LogP contribution in [0.5, 0.6) is 0 Å². The Morgan fingerprint density at radius 3 is 2.71 bits per heavy atom. The molecule has 1 aromatic heterocycles. The molecule has 2 heterocycles. The molecule has 24 heavy (non-hydrogen) atoms. The molecular weight excluding hydrogens is 322 g/mol. The Morgan fingerprint density at radius 1 is 1.25 bits per heavy atom. The van der Waals surface area contributed by atoms with Gasteiger partial charge >= 0.3 is 6.03 Å². The number of primary amides is 1. The van der Waals surface area contributed by atoms with Crippen LogP contribution in [-0.2, 0) is 4.79 Å². The van der Waals surface area contributed by atoms with E-state index in [-0.39, 0.29) is 18.4 Å². The third-order valence-corrected chi connectivity index (χ3v) is 5.32. The van der Waals surface area contributed by atoms with Crippen molar-refractivity contribution in [1.82, 2.24) is 10.2 Å². The molecule has 3 rings (SSSR count). The van der Waals surface area contributed by atoms with Gasteiger partial charge in [-0.3, -0.25) is 4.79 Å². The number of hydrogen-bond donors (Lipinski definition) is 2. The fourth-order valence-electron chi connectivity index (χ4n) is 3.24. The van der Waals surface area contributed by atoms with E-state index in [9.17, 15) is 9.59 Å². The van der Waals surface area contributed by atoms with E-state index in [0.717, 1.165) is 24.9 Å². The van der Waals surface area contributed by atoms with Crippen LogP contribution in [0.1, 0.15) is 41.8 Å². The van der Waals surface area contributed by atoms with E-state index in [0.29, 0.717) is 0 Å². The third-order valence-electron chi connectivity index (χ3n) is 4.34. The Morgan fingerprint density at radius 2 is 2.04 bits per heavy atom. The van der Waals surface area contributed by atoms with Crippen molar-refractivity contribution < 1.29 is 9.59 Å². The lowest BCUT2D eigenvalue weighted by atomic mass is 10.0. The summed E-state index contributed by atoms with van der Waals surface area (Å²) in [6.07, 6.45) is 2.22. The summed E-state index contributed by atoms with van der Waals surface area (Å²) >= 11 is 1.68. The number of benzene rings is 1. The number of amides is 3. The zero-order valence-electron chi connectivity index (χ0n) is 13.4. The highest BCUT2D eigenvalue weighted by molar-refractivity contribution is 7.10. The molecular formula is C18H21N3O2S. The van der Waals surface area contributed by atoms with E-state index in [1.807, 2.05) is 46.7 Å². The summed E-state index contributed by atoms with van der Waals surface area (Å²) in [7, 11) is 0. The molecule has 1 saturated heterocycles. The smallest absolute Gasteiger partial charge is 0.312 e. The highest BCUT2D eigenvalue weighted by Crippen LogP contribution is 2.35. The van der Waals surface area contributed by atoms with Gasteiger partial charge in [0.05, 0.1) is 18.5 Å². The van der Waals surface area contributed by atoms with Crippen LogP contribution in [0.4, 0.5) is 4.79 Å². The maximum atomic E-state index is 12.9. The summed E-state index contributed by atoms with van der Waals surface area (Å²) in [5.41, 5.74) is 6.18. The monoisotopic (exact) mass is 343 g/mol. The minimum Gasteiger partial charge on any atom is -0.352 e. The molecule has 1 aliphatic rings. The number of carbonyl (C=O) groups is 2. The fraction of sp³-hybridized carbons (Fsp3) is 0.333. The molecule has 2 aromatic rings. The van der Waals surface area contributed by atoms with E-state index in [1.54, 1.807) is 11.3 Å². The zero-order valence-corrected chi connectivity index (χ0v) is 14.2. The van der Waals surface area contributed by atoms with Gasteiger partial charge in [0.15, 0.2) is 0 Å². The van der Waals surface area contributed by atoms with Crippen LogP contribution in [-0.4, -0.2) is 23.4 Å². The van der Waals surface area contributed by atoms with Crippen molar-refractivity contribution in [3.05, 3.63) is 58.3 Å². The third kappa shape index (κ3) is 3.76. The first-order valence-electron chi connectivity index (χ1n) is 8.09. The van der Waals surface area contributed by atoms with E-state index >= 15 is 0 Å². The van der Waals surface area contributed by atoms with Gasteiger partial charge in [-0.1, -0.05) is 36.4 Å². The van der Waals surface area contributed by atoms with Crippen molar-refractivity contribution in [2.24, 2.45) is 5.73 Å². The number of nitrogens with zero attached hydrogens (tertiary/aromatic N) is 1. The largest absolute Gasteiger partial charge is 0.352 e. The van der Waals surface area contributed by atoms with Crippen molar-refractivity contribution in [1.29, 1.82) is 0 Å². The molecule has 3 N–H and O–H groups in total. The van der Waals surface area contributed by atoms with Crippen LogP contribution in [0.3, 0.4) is 0 Å². The van der Waals surface area contributed by atoms with Gasteiger partial charge in [-0.25, -0.2) is 4.79 Å². The average molecular weight is 343 g/mol. The molecule has 3 amide bonds. The zero-order chi connectivity index (χ0) is 16.9. The first-order valence-corrected chi connectivity index (χ1v) is 8.97. The lowest BCUT2D eigenvalue weighted by Gasteiger charge is -2.26. The summed E-state index contributed by atoms with van der Waals surface area (Å²) in [5, 5.41) is 4.73. The minimum atomic E-state index is -0.618. The van der Waals surface area contributed by atoms with Crippen molar-refractivity contribution in [3.8, 4) is 0 Å². The highest BCUT2D eigenvalue weighted by Gasteiger charge is 2.32. The topological polar surface area (TPSA) is 75.4 Å². The summed E-state index contributed by atoms with van der Waals surface area (Å²) in [6, 6.07) is 12.7. The molecule has 0 aliphatic carbocycles. The minimum absolute atomic E-state index is 0.0495. The molecule has 0 saturated carbocycles. The fourth-order valence-corrected chi connectivity index (χ4v) is 4.12. The van der Waals surface area contributed by atoms with Crippen LogP contribution >= 0.6 is 11.3 Å². The maximum absolute atomic E-state index is 12.9. The number of carbonyl (C=O) groups excluding carboxylic acids is 2. The number of nitrogens with one attached hydrogen (secondary N) is 1. The first-order chi connectivity index (χ1) is 11.6. The van der Waals surface area contributed by atoms with Crippen molar-refractivity contribution >= 4 is 23.3 Å². The van der Waals surface area contributed by atoms with Gasteiger partial charge in [0.1, 0.15) is 0 Å². The SMILES string of the molecule is NC(=O)N[C@H](CC(=O)N1CCC[C@H]1c1cccs1)c1ccccc1. The van der Waals surface area contributed by atoms with Gasteiger partial charge in [0.2, 0.25) is 5.91 Å². The predicted molar refractivity (Wildman–Crippen MR) is 94.5 cm³/mol. The number of thiophene rings is 1. The second-order valence-corrected chi connectivity index (χ2v) is 6.92. The molecule has 1 aliphatic heterocycles. The first kappa shape index (κ1) is 16.5. The number of urea groups is 1. The van der Waals surface area contributed by atoms with Crippen LogP contribution in [0, 0.1) is 0 Å². The predicted octanol–water partition coefficient (Wildman–Crippen LogP) is 3.21. The summed E-state index contributed by atoms with van der Waals surface area (Å²) in [4.78, 5) is 27.3. The Bertz CT molecular complexity index is 688. The number of rotatable bonds is 5. The Labute approximate surface area is 145 Å². The van der Waals surface area contributed by atoms with Gasteiger partial charge in [-0.15, -0.1) is 11.3 Å². The Hall–Kier alpha value is -2.34. The molecule has 6 heteroatoms. The molecule has 1 aromatic carbocycles. The number of nitrogens with two attached hydrogens (primary N) is 1. The van der Waals surface area contributed by atoms with Gasteiger partial charge in [-0.2, -0.15) is 0 Å². The van der Waals surface area contributed by atoms with E-state index in [2.05, 4.69) is 11.4 Å². The molecule has 0 unspecified atom stereocenters. The molecule has 5 nitrogen and oxygen atoms in total. The van der Waals surface area contributed by atoms with Gasteiger partial charge in [0.25, 0.3) is 0 Å². The Balaban J connectivity index is 1.74. The average Bonchev–Trinajstić information content (AvgIpc) is 3.25.